The maximum Gasteiger partial charge on any atom is 0.00835 e. The quantitative estimate of drug-likeness (QED) is 0.493. The molecule has 0 fully saturated rings. The molecule has 7 heavy (non-hydrogen) atoms. The topological polar surface area (TPSA) is 0 Å². The van der Waals surface area contributed by atoms with Gasteiger partial charge in [0, 0.05) is 4.91 Å². The van der Waals surface area contributed by atoms with Gasteiger partial charge >= 0.3 is 0 Å². The Morgan fingerprint density at radius 2 is 2.00 bits per heavy atom. The first-order chi connectivity index (χ1) is 3.13. The van der Waals surface area contributed by atoms with Crippen molar-refractivity contribution >= 4 is 12.6 Å². The third-order valence-corrected chi connectivity index (χ3v) is 0.704. The van der Waals surface area contributed by atoms with E-state index in [9.17, 15) is 0 Å². The summed E-state index contributed by atoms with van der Waals surface area (Å²) in [5.74, 6) is 0.609. The molecule has 0 aromatic rings. The minimum Gasteiger partial charge on any atom is -0.0856 e. The van der Waals surface area contributed by atoms with Crippen molar-refractivity contribution in [1.29, 1.82) is 0 Å². The van der Waals surface area contributed by atoms with E-state index in [1.165, 1.54) is 0 Å². The highest BCUT2D eigenvalue weighted by Crippen LogP contribution is 2.03. The predicted octanol–water partition coefficient (Wildman–Crippen LogP) is 2.74. The number of hydrogen-bond acceptors (Lipinski definition) is 0. The molecule has 0 unspecified atom stereocenters. The second kappa shape index (κ2) is 3.03. The van der Waals surface area contributed by atoms with Gasteiger partial charge in [0.2, 0.25) is 0 Å². The Morgan fingerprint density at radius 1 is 1.57 bits per heavy atom. The SMILES string of the molecule is C/C([S])=C\C(C)C. The van der Waals surface area contributed by atoms with Crippen molar-refractivity contribution in [2.45, 2.75) is 20.8 Å². The summed E-state index contributed by atoms with van der Waals surface area (Å²) >= 11 is 4.82. The van der Waals surface area contributed by atoms with Gasteiger partial charge in [-0.25, -0.2) is 0 Å². The zero-order valence-corrected chi connectivity index (χ0v) is 5.88. The normalized spacial score (nSPS) is 12.9. The Kier molecular flexibility index (Phi) is 3.01. The monoisotopic (exact) mass is 115 g/mol. The van der Waals surface area contributed by atoms with Crippen LogP contribution in [0.4, 0.5) is 0 Å². The van der Waals surface area contributed by atoms with E-state index in [1.54, 1.807) is 0 Å². The van der Waals surface area contributed by atoms with Gasteiger partial charge in [-0.2, -0.15) is 0 Å². The lowest BCUT2D eigenvalue weighted by Crippen LogP contribution is -1.76. The van der Waals surface area contributed by atoms with E-state index in [0.29, 0.717) is 5.92 Å². The lowest BCUT2D eigenvalue weighted by molar-refractivity contribution is 0.828. The van der Waals surface area contributed by atoms with Crippen molar-refractivity contribution in [3.8, 4) is 0 Å². The van der Waals surface area contributed by atoms with E-state index >= 15 is 0 Å². The van der Waals surface area contributed by atoms with E-state index in [-0.39, 0.29) is 0 Å². The molecule has 0 nitrogen and oxygen atoms in total. The van der Waals surface area contributed by atoms with Crippen LogP contribution in [0.25, 0.3) is 0 Å². The molecule has 0 aliphatic carbocycles. The first-order valence-electron chi connectivity index (χ1n) is 2.48. The summed E-state index contributed by atoms with van der Waals surface area (Å²) in [5.41, 5.74) is 0. The first-order valence-corrected chi connectivity index (χ1v) is 2.89. The fraction of sp³-hybridized carbons (Fsp3) is 0.667. The van der Waals surface area contributed by atoms with Crippen molar-refractivity contribution < 1.29 is 0 Å². The second-order valence-electron chi connectivity index (χ2n) is 2.02. The molecule has 1 radical (unpaired) electrons. The predicted molar refractivity (Wildman–Crippen MR) is 36.2 cm³/mol. The van der Waals surface area contributed by atoms with Crippen molar-refractivity contribution in [2.75, 3.05) is 0 Å². The minimum atomic E-state index is 0.609. The molecule has 1 heteroatoms. The van der Waals surface area contributed by atoms with E-state index in [2.05, 4.69) is 19.9 Å². The van der Waals surface area contributed by atoms with Crippen LogP contribution in [0.2, 0.25) is 0 Å². The summed E-state index contributed by atoms with van der Waals surface area (Å²) in [4.78, 5) is 0.995. The molecule has 0 amide bonds. The molecule has 0 rings (SSSR count). The van der Waals surface area contributed by atoms with Crippen LogP contribution in [0.15, 0.2) is 11.0 Å². The molecule has 0 saturated carbocycles. The van der Waals surface area contributed by atoms with Gasteiger partial charge < -0.3 is 0 Å². The maximum absolute atomic E-state index is 4.82. The largest absolute Gasteiger partial charge is 0.0856 e. The van der Waals surface area contributed by atoms with Crippen LogP contribution in [-0.4, -0.2) is 0 Å². The van der Waals surface area contributed by atoms with Crippen molar-refractivity contribution in [3.63, 3.8) is 0 Å². The Balaban J connectivity index is 3.45. The molecule has 0 aliphatic rings. The zero-order chi connectivity index (χ0) is 5.86. The highest BCUT2D eigenvalue weighted by molar-refractivity contribution is 7.84. The first kappa shape index (κ1) is 6.96. The lowest BCUT2D eigenvalue weighted by Gasteiger charge is -1.91. The molecule has 0 aromatic carbocycles. The number of allylic oxidation sites excluding steroid dienone is 2. The molecule has 0 bridgehead atoms. The molecule has 41 valence electrons. The van der Waals surface area contributed by atoms with Crippen LogP contribution in [0, 0.1) is 5.92 Å². The molecular formula is C6H11S. The standard InChI is InChI=1S/C6H11S/c1-5(2)4-6(3)7/h4-5H,1-3H3/b6-4+. The molecule has 0 aliphatic heterocycles. The van der Waals surface area contributed by atoms with Crippen LogP contribution in [0.1, 0.15) is 20.8 Å². The van der Waals surface area contributed by atoms with Crippen molar-refractivity contribution in [3.05, 3.63) is 11.0 Å². The smallest absolute Gasteiger partial charge is 0.00835 e. The molecule has 0 saturated heterocycles. The minimum absolute atomic E-state index is 0.609. The highest BCUT2D eigenvalue weighted by atomic mass is 32.1. The summed E-state index contributed by atoms with van der Waals surface area (Å²) in [6.07, 6.45) is 2.06. The van der Waals surface area contributed by atoms with Gasteiger partial charge in [0.15, 0.2) is 0 Å². The lowest BCUT2D eigenvalue weighted by atomic mass is 10.2. The van der Waals surface area contributed by atoms with Crippen LogP contribution in [0.5, 0.6) is 0 Å². The summed E-state index contributed by atoms with van der Waals surface area (Å²) < 4.78 is 0. The Morgan fingerprint density at radius 3 is 2.00 bits per heavy atom. The average Bonchev–Trinajstić information content (AvgIpc) is 1.27. The number of rotatable bonds is 1. The molecule has 0 atom stereocenters. The van der Waals surface area contributed by atoms with Gasteiger partial charge in [-0.15, -0.1) is 0 Å². The van der Waals surface area contributed by atoms with E-state index in [4.69, 9.17) is 12.6 Å². The van der Waals surface area contributed by atoms with Gasteiger partial charge in [0.1, 0.15) is 0 Å². The molecule has 0 N–H and O–H groups in total. The van der Waals surface area contributed by atoms with Crippen LogP contribution < -0.4 is 0 Å². The Bertz CT molecular complexity index is 68.2. The van der Waals surface area contributed by atoms with E-state index in [1.807, 2.05) is 6.92 Å². The van der Waals surface area contributed by atoms with Crippen molar-refractivity contribution in [2.24, 2.45) is 5.92 Å². The fourth-order valence-electron chi connectivity index (χ4n) is 0.469. The van der Waals surface area contributed by atoms with Gasteiger partial charge in [-0.3, -0.25) is 0 Å². The Labute approximate surface area is 51.0 Å². The Hall–Kier alpha value is -0.0400. The third kappa shape index (κ3) is 5.96. The van der Waals surface area contributed by atoms with E-state index < -0.39 is 0 Å². The zero-order valence-electron chi connectivity index (χ0n) is 5.06. The molecule has 0 spiro atoms. The van der Waals surface area contributed by atoms with Crippen molar-refractivity contribution in [1.82, 2.24) is 0 Å². The molecular weight excluding hydrogens is 104 g/mol. The van der Waals surface area contributed by atoms with Crippen LogP contribution in [0.3, 0.4) is 0 Å². The van der Waals surface area contributed by atoms with Gasteiger partial charge in [0.05, 0.1) is 0 Å². The number of hydrogen-bond donors (Lipinski definition) is 0. The molecule has 0 heterocycles. The summed E-state index contributed by atoms with van der Waals surface area (Å²) in [6.45, 7) is 6.18. The summed E-state index contributed by atoms with van der Waals surface area (Å²) in [7, 11) is 0. The maximum atomic E-state index is 4.82. The molecule has 0 aromatic heterocycles. The fourth-order valence-corrected chi connectivity index (χ4v) is 0.742. The van der Waals surface area contributed by atoms with Crippen LogP contribution in [-0.2, 0) is 0 Å². The van der Waals surface area contributed by atoms with Gasteiger partial charge in [-0.05, 0) is 12.8 Å². The van der Waals surface area contributed by atoms with Crippen LogP contribution >= 0.6 is 12.6 Å². The summed E-state index contributed by atoms with van der Waals surface area (Å²) in [5, 5.41) is 0. The van der Waals surface area contributed by atoms with Gasteiger partial charge in [-0.1, -0.05) is 32.6 Å². The van der Waals surface area contributed by atoms with Gasteiger partial charge in [0.25, 0.3) is 0 Å². The second-order valence-corrected chi connectivity index (χ2v) is 2.67. The third-order valence-electron chi connectivity index (χ3n) is 0.568. The summed E-state index contributed by atoms with van der Waals surface area (Å²) in [6, 6.07) is 0. The highest BCUT2D eigenvalue weighted by Gasteiger charge is 1.84. The van der Waals surface area contributed by atoms with E-state index in [0.717, 1.165) is 4.91 Å². The average molecular weight is 115 g/mol.